The van der Waals surface area contributed by atoms with Gasteiger partial charge in [-0.3, -0.25) is 4.79 Å². The molecule has 2 heterocycles. The van der Waals surface area contributed by atoms with Gasteiger partial charge >= 0.3 is 0 Å². The van der Waals surface area contributed by atoms with E-state index in [0.29, 0.717) is 55.7 Å². The van der Waals surface area contributed by atoms with Crippen molar-refractivity contribution in [3.8, 4) is 0 Å². The number of ether oxygens (including phenoxy) is 1. The van der Waals surface area contributed by atoms with Crippen LogP contribution in [-0.4, -0.2) is 56.4 Å². The second-order valence-corrected chi connectivity index (χ2v) is 6.06. The maximum absolute atomic E-state index is 12.2. The predicted octanol–water partition coefficient (Wildman–Crippen LogP) is 1.21. The molecule has 118 valence electrons. The minimum atomic E-state index is 0.0329. The van der Waals surface area contributed by atoms with Crippen LogP contribution in [0.1, 0.15) is 5.56 Å². The first-order valence-corrected chi connectivity index (χ1v) is 7.69. The van der Waals surface area contributed by atoms with Crippen molar-refractivity contribution in [3.05, 3.63) is 22.7 Å². The summed E-state index contributed by atoms with van der Waals surface area (Å²) in [7, 11) is 0. The average molecular weight is 323 g/mol. The zero-order valence-corrected chi connectivity index (χ0v) is 13.0. The van der Waals surface area contributed by atoms with E-state index in [4.69, 9.17) is 27.5 Å². The molecule has 6 nitrogen and oxygen atoms in total. The molecule has 0 aromatic heterocycles. The van der Waals surface area contributed by atoms with Crippen molar-refractivity contribution in [3.63, 3.8) is 0 Å². The minimum absolute atomic E-state index is 0.0329. The lowest BCUT2D eigenvalue weighted by Crippen LogP contribution is -2.53. The van der Waals surface area contributed by atoms with E-state index in [-0.39, 0.29) is 11.8 Å². The maximum Gasteiger partial charge on any atom is 0.230 e. The topological polar surface area (TPSA) is 82.7 Å². The van der Waals surface area contributed by atoms with Crippen LogP contribution in [0.5, 0.6) is 0 Å². The van der Waals surface area contributed by atoms with E-state index in [1.54, 1.807) is 6.07 Å². The fraction of sp³-hybridized carbons (Fsp3) is 0.467. The normalized spacial score (nSPS) is 19.0. The number of anilines is 2. The SMILES string of the molecule is N=Cc1c(N)cc(Cl)cc1N1CCN(C(=O)C2COC2)CC1. The van der Waals surface area contributed by atoms with Crippen molar-refractivity contribution in [2.45, 2.75) is 0 Å². The van der Waals surface area contributed by atoms with Crippen LogP contribution in [0.25, 0.3) is 0 Å². The fourth-order valence-electron chi connectivity index (χ4n) is 2.85. The molecule has 7 heteroatoms. The molecule has 0 unspecified atom stereocenters. The van der Waals surface area contributed by atoms with E-state index in [1.165, 1.54) is 6.21 Å². The highest BCUT2D eigenvalue weighted by atomic mass is 35.5. The summed E-state index contributed by atoms with van der Waals surface area (Å²) >= 11 is 6.09. The summed E-state index contributed by atoms with van der Waals surface area (Å²) in [4.78, 5) is 16.2. The van der Waals surface area contributed by atoms with Crippen LogP contribution in [0.3, 0.4) is 0 Å². The quantitative estimate of drug-likeness (QED) is 0.647. The largest absolute Gasteiger partial charge is 0.398 e. The summed E-state index contributed by atoms with van der Waals surface area (Å²) in [6, 6.07) is 3.48. The molecule has 2 saturated heterocycles. The van der Waals surface area contributed by atoms with Crippen molar-refractivity contribution >= 4 is 35.1 Å². The third-order valence-electron chi connectivity index (χ3n) is 4.22. The number of amides is 1. The Morgan fingerprint density at radius 1 is 1.32 bits per heavy atom. The van der Waals surface area contributed by atoms with Crippen molar-refractivity contribution < 1.29 is 9.53 Å². The molecule has 2 aliphatic rings. The molecule has 1 aromatic carbocycles. The number of nitrogens with two attached hydrogens (primary N) is 1. The first-order chi connectivity index (χ1) is 10.6. The van der Waals surface area contributed by atoms with Crippen LogP contribution in [0.15, 0.2) is 12.1 Å². The molecule has 3 rings (SSSR count). The number of carbonyl (C=O) groups is 1. The number of piperazine rings is 1. The lowest BCUT2D eigenvalue weighted by atomic mass is 10.1. The third kappa shape index (κ3) is 2.76. The van der Waals surface area contributed by atoms with Crippen molar-refractivity contribution in [2.75, 3.05) is 50.0 Å². The Balaban J connectivity index is 1.71. The van der Waals surface area contributed by atoms with Gasteiger partial charge in [0.25, 0.3) is 0 Å². The van der Waals surface area contributed by atoms with Gasteiger partial charge in [-0.15, -0.1) is 0 Å². The maximum atomic E-state index is 12.2. The monoisotopic (exact) mass is 322 g/mol. The summed E-state index contributed by atoms with van der Waals surface area (Å²) in [5.41, 5.74) is 7.98. The Hall–Kier alpha value is -1.79. The van der Waals surface area contributed by atoms with Gasteiger partial charge in [0, 0.05) is 54.4 Å². The van der Waals surface area contributed by atoms with Crippen LogP contribution >= 0.6 is 11.6 Å². The molecule has 1 amide bonds. The van der Waals surface area contributed by atoms with Gasteiger partial charge in [0.05, 0.1) is 19.1 Å². The number of hydrogen-bond donors (Lipinski definition) is 2. The lowest BCUT2D eigenvalue weighted by Gasteiger charge is -2.39. The number of nitrogens with zero attached hydrogens (tertiary/aromatic N) is 2. The fourth-order valence-corrected chi connectivity index (χ4v) is 3.07. The minimum Gasteiger partial charge on any atom is -0.398 e. The molecule has 0 spiro atoms. The van der Waals surface area contributed by atoms with Crippen molar-refractivity contribution in [1.82, 2.24) is 4.90 Å². The molecular weight excluding hydrogens is 304 g/mol. The second-order valence-electron chi connectivity index (χ2n) is 5.62. The Morgan fingerprint density at radius 3 is 2.55 bits per heavy atom. The van der Waals surface area contributed by atoms with Gasteiger partial charge in [-0.1, -0.05) is 11.6 Å². The summed E-state index contributed by atoms with van der Waals surface area (Å²) < 4.78 is 5.08. The number of benzene rings is 1. The number of carbonyl (C=O) groups excluding carboxylic acids is 1. The summed E-state index contributed by atoms with van der Waals surface area (Å²) in [5, 5.41) is 8.12. The van der Waals surface area contributed by atoms with E-state index in [1.807, 2.05) is 11.0 Å². The smallest absolute Gasteiger partial charge is 0.230 e. The Morgan fingerprint density at radius 2 is 2.00 bits per heavy atom. The van der Waals surface area contributed by atoms with E-state index in [9.17, 15) is 4.79 Å². The third-order valence-corrected chi connectivity index (χ3v) is 4.44. The predicted molar refractivity (Wildman–Crippen MR) is 86.9 cm³/mol. The first-order valence-electron chi connectivity index (χ1n) is 7.31. The summed E-state index contributed by atoms with van der Waals surface area (Å²) in [6.07, 6.45) is 1.25. The molecular formula is C15H19ClN4O2. The van der Waals surface area contributed by atoms with Crippen LogP contribution in [0.4, 0.5) is 11.4 Å². The zero-order valence-electron chi connectivity index (χ0n) is 12.2. The Labute approximate surface area is 134 Å². The highest BCUT2D eigenvalue weighted by Gasteiger charge is 2.32. The molecule has 0 bridgehead atoms. The van der Waals surface area contributed by atoms with Crippen LogP contribution in [-0.2, 0) is 9.53 Å². The molecule has 2 aliphatic heterocycles. The summed E-state index contributed by atoms with van der Waals surface area (Å²) in [6.45, 7) is 3.84. The van der Waals surface area contributed by atoms with E-state index in [2.05, 4.69) is 4.90 Å². The van der Waals surface area contributed by atoms with Crippen LogP contribution in [0, 0.1) is 11.3 Å². The van der Waals surface area contributed by atoms with Crippen molar-refractivity contribution in [2.24, 2.45) is 5.92 Å². The highest BCUT2D eigenvalue weighted by Crippen LogP contribution is 2.30. The molecule has 1 aromatic rings. The molecule has 0 saturated carbocycles. The van der Waals surface area contributed by atoms with Gasteiger partial charge < -0.3 is 25.7 Å². The van der Waals surface area contributed by atoms with Gasteiger partial charge in [-0.2, -0.15) is 0 Å². The molecule has 0 radical (unpaired) electrons. The number of hydrogen-bond acceptors (Lipinski definition) is 5. The van der Waals surface area contributed by atoms with Gasteiger partial charge in [0.15, 0.2) is 0 Å². The molecule has 0 atom stereocenters. The lowest BCUT2D eigenvalue weighted by molar-refractivity contribution is -0.150. The molecule has 0 aliphatic carbocycles. The summed E-state index contributed by atoms with van der Waals surface area (Å²) in [5.74, 6) is 0.217. The zero-order chi connectivity index (χ0) is 15.7. The van der Waals surface area contributed by atoms with E-state index in [0.717, 1.165) is 5.69 Å². The van der Waals surface area contributed by atoms with Crippen LogP contribution < -0.4 is 10.6 Å². The van der Waals surface area contributed by atoms with E-state index < -0.39 is 0 Å². The van der Waals surface area contributed by atoms with Crippen molar-refractivity contribution in [1.29, 1.82) is 5.41 Å². The van der Waals surface area contributed by atoms with E-state index >= 15 is 0 Å². The number of rotatable bonds is 3. The Kier molecular flexibility index (Phi) is 4.22. The van der Waals surface area contributed by atoms with Gasteiger partial charge in [0.2, 0.25) is 5.91 Å². The molecule has 3 N–H and O–H groups in total. The number of halogens is 1. The van der Waals surface area contributed by atoms with Gasteiger partial charge in [0.1, 0.15) is 0 Å². The first kappa shape index (κ1) is 15.1. The number of nitrogens with one attached hydrogen (secondary N) is 1. The molecule has 22 heavy (non-hydrogen) atoms. The van der Waals surface area contributed by atoms with Gasteiger partial charge in [-0.05, 0) is 12.1 Å². The average Bonchev–Trinajstić information content (AvgIpc) is 2.45. The van der Waals surface area contributed by atoms with Gasteiger partial charge in [-0.25, -0.2) is 0 Å². The standard InChI is InChI=1S/C15H19ClN4O2/c16-11-5-13(18)12(7-17)14(6-11)19-1-3-20(4-2-19)15(21)10-8-22-9-10/h5-7,10,17H,1-4,8-9,18H2. The highest BCUT2D eigenvalue weighted by molar-refractivity contribution is 6.31. The molecule has 2 fully saturated rings. The number of nitrogen functional groups attached to an aromatic ring is 1. The Bertz CT molecular complexity index is 595. The second kappa shape index (κ2) is 6.14. The van der Waals surface area contributed by atoms with Crippen LogP contribution in [0.2, 0.25) is 5.02 Å².